The van der Waals surface area contributed by atoms with Gasteiger partial charge < -0.3 is 30.9 Å². The number of rotatable bonds is 8. The predicted octanol–water partition coefficient (Wildman–Crippen LogP) is 0.478. The van der Waals surface area contributed by atoms with Crippen molar-refractivity contribution in [2.24, 2.45) is 22.8 Å². The normalized spacial score (nSPS) is 22.7. The van der Waals surface area contributed by atoms with E-state index in [1.54, 1.807) is 43.0 Å². The summed E-state index contributed by atoms with van der Waals surface area (Å²) < 4.78 is 7.07. The number of nitrogens with one attached hydrogen (secondary N) is 1. The van der Waals surface area contributed by atoms with Crippen LogP contribution in [0.25, 0.3) is 5.69 Å². The number of hydrogen-bond acceptors (Lipinski definition) is 8. The molecule has 5 N–H and O–H groups in total. The Labute approximate surface area is 234 Å². The summed E-state index contributed by atoms with van der Waals surface area (Å²) in [7, 11) is 1.63. The number of urea groups is 1. The van der Waals surface area contributed by atoms with Crippen molar-refractivity contribution < 1.29 is 14.3 Å². The van der Waals surface area contributed by atoms with Crippen LogP contribution in [0, 0.1) is 11.3 Å². The van der Waals surface area contributed by atoms with Gasteiger partial charge in [-0.2, -0.15) is 4.98 Å². The molecule has 2 aromatic rings. The van der Waals surface area contributed by atoms with Gasteiger partial charge in [0, 0.05) is 58.1 Å². The molecule has 2 unspecified atom stereocenters. The first kappa shape index (κ1) is 28.1. The molecule has 3 aliphatic rings. The zero-order valence-electron chi connectivity index (χ0n) is 23.6. The Kier molecular flexibility index (Phi) is 7.60. The first-order valence-corrected chi connectivity index (χ1v) is 13.9. The number of piperidine rings is 1. The number of piperazine rings is 1. The molecular formula is C28H40N8O4. The quantitative estimate of drug-likeness (QED) is 0.428. The first-order valence-electron chi connectivity index (χ1n) is 13.9. The predicted molar refractivity (Wildman–Crippen MR) is 152 cm³/mol. The maximum Gasteiger partial charge on any atom is 0.354 e. The third kappa shape index (κ3) is 5.70. The molecule has 1 saturated carbocycles. The van der Waals surface area contributed by atoms with Crippen molar-refractivity contribution in [1.82, 2.24) is 24.3 Å². The van der Waals surface area contributed by atoms with E-state index >= 15 is 0 Å². The van der Waals surface area contributed by atoms with E-state index in [9.17, 15) is 14.4 Å². The average Bonchev–Trinajstić information content (AvgIpc) is 3.51. The summed E-state index contributed by atoms with van der Waals surface area (Å²) in [5, 5.41) is 2.69. The second kappa shape index (κ2) is 10.8. The van der Waals surface area contributed by atoms with Gasteiger partial charge >= 0.3 is 11.7 Å². The molecule has 1 aromatic carbocycles. The maximum absolute atomic E-state index is 12.9. The van der Waals surface area contributed by atoms with Gasteiger partial charge in [0.15, 0.2) is 0 Å². The Bertz CT molecular complexity index is 1330. The van der Waals surface area contributed by atoms with Crippen LogP contribution in [0.2, 0.25) is 0 Å². The topological polar surface area (TPSA) is 152 Å². The smallest absolute Gasteiger partial charge is 0.354 e. The van der Waals surface area contributed by atoms with Gasteiger partial charge in [0.2, 0.25) is 5.91 Å². The van der Waals surface area contributed by atoms with E-state index in [-0.39, 0.29) is 17.8 Å². The number of carbonyl (C=O) groups excluding carboxylic acids is 2. The van der Waals surface area contributed by atoms with Crippen molar-refractivity contribution in [2.45, 2.75) is 32.2 Å². The third-order valence-corrected chi connectivity index (χ3v) is 8.47. The number of aromatic nitrogens is 2. The lowest BCUT2D eigenvalue weighted by Gasteiger charge is -2.37. The van der Waals surface area contributed by atoms with E-state index in [0.29, 0.717) is 37.3 Å². The minimum Gasteiger partial charge on any atom is -0.496 e. The molecule has 0 radical (unpaired) electrons. The molecule has 3 fully saturated rings. The molecule has 12 heteroatoms. The fraction of sp³-hybridized carbons (Fsp3) is 0.571. The number of benzene rings is 1. The summed E-state index contributed by atoms with van der Waals surface area (Å²) in [4.78, 5) is 47.8. The standard InChI is InChI=1S/C28H40N8O4/c1-27(2,30)24(37)34-10-12-35(13-11-34)25(38)31-23-7-9-36(26(39)32-23)21-5-4-19(22(14-21)40-3)6-8-33-16-20-15-28(20,17-29)18-33/h4-5,7,9,14,20H,6,8,10-13,15-18,29-30H2,1-3H3,(H,31,32,38,39). The molecule has 2 atom stereocenters. The summed E-state index contributed by atoms with van der Waals surface area (Å²) >= 11 is 0. The van der Waals surface area contributed by atoms with Crippen LogP contribution in [0.5, 0.6) is 5.75 Å². The number of carbonyl (C=O) groups is 2. The van der Waals surface area contributed by atoms with Crippen LogP contribution < -0.4 is 27.2 Å². The van der Waals surface area contributed by atoms with Gasteiger partial charge in [-0.3, -0.25) is 14.7 Å². The van der Waals surface area contributed by atoms with E-state index in [0.717, 1.165) is 49.8 Å². The number of amides is 3. The van der Waals surface area contributed by atoms with E-state index in [1.165, 1.54) is 11.0 Å². The van der Waals surface area contributed by atoms with E-state index in [1.807, 2.05) is 18.2 Å². The number of likely N-dealkylation sites (tertiary alicyclic amines) is 1. The second-order valence-electron chi connectivity index (χ2n) is 11.8. The summed E-state index contributed by atoms with van der Waals surface area (Å²) in [6, 6.07) is 6.92. The zero-order valence-corrected chi connectivity index (χ0v) is 23.6. The molecule has 5 rings (SSSR count). The van der Waals surface area contributed by atoms with Crippen molar-refractivity contribution in [2.75, 3.05) is 64.8 Å². The number of nitrogens with zero attached hydrogens (tertiary/aromatic N) is 5. The molecule has 2 saturated heterocycles. The maximum atomic E-state index is 12.9. The molecule has 2 aliphatic heterocycles. The Hall–Kier alpha value is -3.48. The number of fused-ring (bicyclic) bond motifs is 1. The van der Waals surface area contributed by atoms with Crippen molar-refractivity contribution in [3.05, 3.63) is 46.5 Å². The number of ether oxygens (including phenoxy) is 1. The average molecular weight is 553 g/mol. The minimum absolute atomic E-state index is 0.147. The van der Waals surface area contributed by atoms with Gasteiger partial charge in [0.1, 0.15) is 11.6 Å². The third-order valence-electron chi connectivity index (χ3n) is 8.47. The van der Waals surface area contributed by atoms with Crippen molar-refractivity contribution in [3.63, 3.8) is 0 Å². The Morgan fingerprint density at radius 1 is 1.18 bits per heavy atom. The monoisotopic (exact) mass is 552 g/mol. The van der Waals surface area contributed by atoms with Gasteiger partial charge in [-0.05, 0) is 62.3 Å². The van der Waals surface area contributed by atoms with Crippen LogP contribution in [0.4, 0.5) is 10.6 Å². The lowest BCUT2D eigenvalue weighted by atomic mass is 10.1. The summed E-state index contributed by atoms with van der Waals surface area (Å²) in [6.07, 6.45) is 3.69. The highest BCUT2D eigenvalue weighted by Crippen LogP contribution is 2.56. The van der Waals surface area contributed by atoms with Crippen LogP contribution in [0.15, 0.2) is 35.3 Å². The highest BCUT2D eigenvalue weighted by Gasteiger charge is 2.58. The van der Waals surface area contributed by atoms with Crippen LogP contribution in [-0.2, 0) is 11.2 Å². The number of hydrogen-bond donors (Lipinski definition) is 3. The fourth-order valence-electron chi connectivity index (χ4n) is 5.94. The van der Waals surface area contributed by atoms with Crippen molar-refractivity contribution >= 4 is 17.8 Å². The van der Waals surface area contributed by atoms with Gasteiger partial charge in [0.05, 0.1) is 18.3 Å². The molecule has 40 heavy (non-hydrogen) atoms. The molecule has 12 nitrogen and oxygen atoms in total. The van der Waals surface area contributed by atoms with E-state index in [4.69, 9.17) is 16.2 Å². The molecule has 3 amide bonds. The first-order chi connectivity index (χ1) is 19.0. The highest BCUT2D eigenvalue weighted by atomic mass is 16.5. The molecule has 0 bridgehead atoms. The molecule has 216 valence electrons. The van der Waals surface area contributed by atoms with Crippen LogP contribution in [0.1, 0.15) is 25.8 Å². The molecule has 0 spiro atoms. The van der Waals surface area contributed by atoms with Gasteiger partial charge in [-0.1, -0.05) is 6.07 Å². The number of nitrogens with two attached hydrogens (primary N) is 2. The van der Waals surface area contributed by atoms with E-state index < -0.39 is 11.2 Å². The lowest BCUT2D eigenvalue weighted by Crippen LogP contribution is -2.58. The van der Waals surface area contributed by atoms with Gasteiger partial charge in [0.25, 0.3) is 0 Å². The van der Waals surface area contributed by atoms with Crippen LogP contribution in [-0.4, -0.2) is 101 Å². The van der Waals surface area contributed by atoms with E-state index in [2.05, 4.69) is 15.2 Å². The SMILES string of the molecule is COc1cc(-n2ccc(NC(=O)N3CCN(C(=O)C(C)(C)N)CC3)nc2=O)ccc1CCN1CC2CC2(CN)C1. The zero-order chi connectivity index (χ0) is 28.7. The molecule has 1 aromatic heterocycles. The summed E-state index contributed by atoms with van der Waals surface area (Å²) in [5.41, 5.74) is 12.5. The Morgan fingerprint density at radius 3 is 2.52 bits per heavy atom. The summed E-state index contributed by atoms with van der Waals surface area (Å²) in [6.45, 7) is 8.75. The highest BCUT2D eigenvalue weighted by molar-refractivity contribution is 5.89. The van der Waals surface area contributed by atoms with Gasteiger partial charge in [-0.15, -0.1) is 0 Å². The second-order valence-corrected chi connectivity index (χ2v) is 11.8. The minimum atomic E-state index is -0.953. The number of methoxy groups -OCH3 is 1. The molecule has 3 heterocycles. The lowest BCUT2D eigenvalue weighted by molar-refractivity contribution is -0.137. The summed E-state index contributed by atoms with van der Waals surface area (Å²) in [5.74, 6) is 1.48. The Balaban J connectivity index is 1.18. The number of anilines is 1. The Morgan fingerprint density at radius 2 is 1.90 bits per heavy atom. The van der Waals surface area contributed by atoms with Crippen molar-refractivity contribution in [1.29, 1.82) is 0 Å². The molecule has 1 aliphatic carbocycles. The molecular weight excluding hydrogens is 512 g/mol. The van der Waals surface area contributed by atoms with Crippen molar-refractivity contribution in [3.8, 4) is 11.4 Å². The van der Waals surface area contributed by atoms with Gasteiger partial charge in [-0.25, -0.2) is 9.59 Å². The largest absolute Gasteiger partial charge is 0.496 e. The van der Waals surface area contributed by atoms with Crippen LogP contribution in [0.3, 0.4) is 0 Å². The van der Waals surface area contributed by atoms with Crippen LogP contribution >= 0.6 is 0 Å². The fourth-order valence-corrected chi connectivity index (χ4v) is 5.94.